The highest BCUT2D eigenvalue weighted by Gasteiger charge is 2.40. The Labute approximate surface area is 159 Å². The van der Waals surface area contributed by atoms with E-state index in [1.54, 1.807) is 4.90 Å². The number of rotatable bonds is 2. The van der Waals surface area contributed by atoms with Crippen molar-refractivity contribution in [2.45, 2.75) is 25.9 Å². The lowest BCUT2D eigenvalue weighted by molar-refractivity contribution is -0.149. The minimum atomic E-state index is -0.345. The number of nitrogens with one attached hydrogen (secondary N) is 1. The monoisotopic (exact) mass is 420 g/mol. The summed E-state index contributed by atoms with van der Waals surface area (Å²) < 4.78 is 6.62. The van der Waals surface area contributed by atoms with Gasteiger partial charge in [0.25, 0.3) is 0 Å². The first-order chi connectivity index (χ1) is 12.3. The van der Waals surface area contributed by atoms with E-state index in [0.29, 0.717) is 32.1 Å². The average molecular weight is 421 g/mol. The number of ether oxygens (including phenoxy) is 1. The largest absolute Gasteiger partial charge is 0.372 e. The SMILES string of the molecule is CC1(C)CN(C(=O)[C@H]2CC(=O)N(c3n[nH]c4cc(Br)ccc34)C2)CCO1. The van der Waals surface area contributed by atoms with Gasteiger partial charge in [0.15, 0.2) is 5.82 Å². The van der Waals surface area contributed by atoms with Crippen molar-refractivity contribution in [2.75, 3.05) is 31.1 Å². The number of hydrogen-bond donors (Lipinski definition) is 1. The van der Waals surface area contributed by atoms with Crippen LogP contribution in [0.15, 0.2) is 22.7 Å². The molecule has 1 atom stereocenters. The summed E-state index contributed by atoms with van der Waals surface area (Å²) in [6.07, 6.45) is 0.224. The van der Waals surface area contributed by atoms with Gasteiger partial charge in [0.1, 0.15) is 0 Å². The zero-order valence-electron chi connectivity index (χ0n) is 14.8. The second-order valence-corrected chi connectivity index (χ2v) is 8.43. The molecule has 0 bridgehead atoms. The van der Waals surface area contributed by atoms with Gasteiger partial charge in [-0.2, -0.15) is 5.10 Å². The van der Waals surface area contributed by atoms with Crippen molar-refractivity contribution in [2.24, 2.45) is 5.92 Å². The van der Waals surface area contributed by atoms with Gasteiger partial charge in [0.2, 0.25) is 11.8 Å². The van der Waals surface area contributed by atoms with Crippen molar-refractivity contribution in [1.82, 2.24) is 15.1 Å². The molecule has 2 fully saturated rings. The van der Waals surface area contributed by atoms with Crippen molar-refractivity contribution >= 4 is 44.5 Å². The molecule has 4 rings (SSSR count). The van der Waals surface area contributed by atoms with Gasteiger partial charge in [-0.05, 0) is 32.0 Å². The number of nitrogens with zero attached hydrogens (tertiary/aromatic N) is 3. The average Bonchev–Trinajstić information content (AvgIpc) is 3.16. The van der Waals surface area contributed by atoms with E-state index in [1.165, 1.54) is 0 Å². The summed E-state index contributed by atoms with van der Waals surface area (Å²) in [5.41, 5.74) is 0.508. The molecular weight excluding hydrogens is 400 g/mol. The Morgan fingerprint density at radius 1 is 1.42 bits per heavy atom. The smallest absolute Gasteiger partial charge is 0.229 e. The number of morpholine rings is 1. The van der Waals surface area contributed by atoms with E-state index < -0.39 is 0 Å². The molecule has 0 saturated carbocycles. The van der Waals surface area contributed by atoms with Crippen LogP contribution in [0.4, 0.5) is 5.82 Å². The number of amides is 2. The number of halogens is 1. The number of anilines is 1. The Hall–Kier alpha value is -1.93. The lowest BCUT2D eigenvalue weighted by Gasteiger charge is -2.39. The molecule has 1 aromatic heterocycles. The fourth-order valence-corrected chi connectivity index (χ4v) is 4.08. The number of hydrogen-bond acceptors (Lipinski definition) is 4. The van der Waals surface area contributed by atoms with Crippen LogP contribution in [0, 0.1) is 5.92 Å². The zero-order chi connectivity index (χ0) is 18.5. The third-order valence-electron chi connectivity index (χ3n) is 4.97. The van der Waals surface area contributed by atoms with Crippen LogP contribution in [-0.2, 0) is 14.3 Å². The number of carbonyl (C=O) groups is 2. The van der Waals surface area contributed by atoms with E-state index >= 15 is 0 Å². The molecule has 0 radical (unpaired) electrons. The summed E-state index contributed by atoms with van der Waals surface area (Å²) in [5, 5.41) is 8.15. The molecule has 3 heterocycles. The number of fused-ring (bicyclic) bond motifs is 1. The summed E-state index contributed by atoms with van der Waals surface area (Å²) in [7, 11) is 0. The van der Waals surface area contributed by atoms with Crippen LogP contribution in [0.5, 0.6) is 0 Å². The molecule has 26 heavy (non-hydrogen) atoms. The fourth-order valence-electron chi connectivity index (χ4n) is 3.72. The van der Waals surface area contributed by atoms with Crippen molar-refractivity contribution in [3.05, 3.63) is 22.7 Å². The lowest BCUT2D eigenvalue weighted by atomic mass is 10.0. The number of carbonyl (C=O) groups excluding carboxylic acids is 2. The molecule has 2 aliphatic rings. The molecule has 2 aromatic rings. The fraction of sp³-hybridized carbons (Fsp3) is 0.500. The summed E-state index contributed by atoms with van der Waals surface area (Å²) in [4.78, 5) is 28.9. The molecule has 2 amide bonds. The van der Waals surface area contributed by atoms with E-state index in [9.17, 15) is 9.59 Å². The molecule has 2 aliphatic heterocycles. The summed E-state index contributed by atoms with van der Waals surface area (Å²) >= 11 is 3.43. The van der Waals surface area contributed by atoms with Gasteiger partial charge < -0.3 is 9.64 Å². The standard InChI is InChI=1S/C18H21BrN4O3/c1-18(2)10-22(5-6-26-18)17(25)11-7-15(24)23(9-11)16-13-4-3-12(19)8-14(13)20-21-16/h3-4,8,11H,5-7,9-10H2,1-2H3,(H,20,21)/t11-/m0/s1. The van der Waals surface area contributed by atoms with Gasteiger partial charge in [0, 0.05) is 35.9 Å². The van der Waals surface area contributed by atoms with Crippen LogP contribution >= 0.6 is 15.9 Å². The topological polar surface area (TPSA) is 78.5 Å². The molecular formula is C18H21BrN4O3. The van der Waals surface area contributed by atoms with E-state index in [1.807, 2.05) is 36.9 Å². The summed E-state index contributed by atoms with van der Waals surface area (Å²) in [5.74, 6) is 0.223. The van der Waals surface area contributed by atoms with Gasteiger partial charge >= 0.3 is 0 Å². The van der Waals surface area contributed by atoms with Gasteiger partial charge in [-0.15, -0.1) is 0 Å². The second kappa shape index (κ2) is 6.35. The Balaban J connectivity index is 1.54. The number of aromatic nitrogens is 2. The minimum absolute atomic E-state index is 0.0276. The second-order valence-electron chi connectivity index (χ2n) is 7.51. The van der Waals surface area contributed by atoms with E-state index in [-0.39, 0.29) is 29.8 Å². The Bertz CT molecular complexity index is 878. The van der Waals surface area contributed by atoms with Crippen LogP contribution in [0.3, 0.4) is 0 Å². The minimum Gasteiger partial charge on any atom is -0.372 e. The quantitative estimate of drug-likeness (QED) is 0.808. The van der Waals surface area contributed by atoms with E-state index in [2.05, 4.69) is 26.1 Å². The molecule has 7 nitrogen and oxygen atoms in total. The number of aromatic amines is 1. The molecule has 1 aromatic carbocycles. The molecule has 2 saturated heterocycles. The van der Waals surface area contributed by atoms with Gasteiger partial charge in [-0.25, -0.2) is 0 Å². The van der Waals surface area contributed by atoms with E-state index in [0.717, 1.165) is 15.4 Å². The van der Waals surface area contributed by atoms with Crippen molar-refractivity contribution < 1.29 is 14.3 Å². The zero-order valence-corrected chi connectivity index (χ0v) is 16.4. The predicted octanol–water partition coefficient (Wildman–Crippen LogP) is 2.32. The first-order valence-corrected chi connectivity index (χ1v) is 9.50. The van der Waals surface area contributed by atoms with Gasteiger partial charge in [0.05, 0.1) is 23.6 Å². The van der Waals surface area contributed by atoms with Crippen molar-refractivity contribution in [3.8, 4) is 0 Å². The first kappa shape index (κ1) is 17.5. The van der Waals surface area contributed by atoms with Crippen LogP contribution in [0.25, 0.3) is 10.9 Å². The lowest BCUT2D eigenvalue weighted by Crippen LogP contribution is -2.52. The van der Waals surface area contributed by atoms with E-state index in [4.69, 9.17) is 4.74 Å². The number of H-pyrrole nitrogens is 1. The van der Waals surface area contributed by atoms with Gasteiger partial charge in [-0.3, -0.25) is 19.6 Å². The molecule has 0 aliphatic carbocycles. The highest BCUT2D eigenvalue weighted by atomic mass is 79.9. The highest BCUT2D eigenvalue weighted by molar-refractivity contribution is 9.10. The predicted molar refractivity (Wildman–Crippen MR) is 101 cm³/mol. The Morgan fingerprint density at radius 2 is 2.23 bits per heavy atom. The third kappa shape index (κ3) is 3.12. The number of benzene rings is 1. The first-order valence-electron chi connectivity index (χ1n) is 8.71. The molecule has 138 valence electrons. The Morgan fingerprint density at radius 3 is 3.00 bits per heavy atom. The molecule has 8 heteroatoms. The van der Waals surface area contributed by atoms with Crippen molar-refractivity contribution in [3.63, 3.8) is 0 Å². The van der Waals surface area contributed by atoms with Gasteiger partial charge in [-0.1, -0.05) is 15.9 Å². The van der Waals surface area contributed by atoms with Crippen molar-refractivity contribution in [1.29, 1.82) is 0 Å². The van der Waals surface area contributed by atoms with Crippen LogP contribution < -0.4 is 4.90 Å². The van der Waals surface area contributed by atoms with Crippen LogP contribution in [-0.4, -0.2) is 58.8 Å². The molecule has 1 N–H and O–H groups in total. The maximum Gasteiger partial charge on any atom is 0.229 e. The maximum absolute atomic E-state index is 12.9. The third-order valence-corrected chi connectivity index (χ3v) is 5.47. The normalized spacial score (nSPS) is 23.0. The summed E-state index contributed by atoms with van der Waals surface area (Å²) in [6.45, 7) is 5.98. The summed E-state index contributed by atoms with van der Waals surface area (Å²) in [6, 6.07) is 5.76. The van der Waals surface area contributed by atoms with Crippen LogP contribution in [0.2, 0.25) is 0 Å². The maximum atomic E-state index is 12.9. The van der Waals surface area contributed by atoms with Crippen LogP contribution in [0.1, 0.15) is 20.3 Å². The molecule has 0 unspecified atom stereocenters. The Kier molecular flexibility index (Phi) is 4.27. The molecule has 0 spiro atoms. The highest BCUT2D eigenvalue weighted by Crippen LogP contribution is 2.32.